The molecule has 144 valence electrons. The molecule has 0 unspecified atom stereocenters. The maximum absolute atomic E-state index is 12.7. The zero-order valence-electron chi connectivity index (χ0n) is 17.0. The Labute approximate surface area is 157 Å². The molecule has 1 rings (SSSR count). The fourth-order valence-corrected chi connectivity index (χ4v) is 2.34. The number of benzene rings is 1. The third-order valence-corrected chi connectivity index (χ3v) is 3.28. The molecular weight excluding hydrogens is 330 g/mol. The molecule has 0 fully saturated rings. The van der Waals surface area contributed by atoms with E-state index in [4.69, 9.17) is 9.47 Å². The summed E-state index contributed by atoms with van der Waals surface area (Å²) >= 11 is 0. The third kappa shape index (κ3) is 8.19. The largest absolute Gasteiger partial charge is 0.466 e. The van der Waals surface area contributed by atoms with Crippen LogP contribution in [0.15, 0.2) is 42.0 Å². The van der Waals surface area contributed by atoms with Crippen molar-refractivity contribution in [2.75, 3.05) is 13.7 Å². The van der Waals surface area contributed by atoms with Crippen LogP contribution in [0.2, 0.25) is 0 Å². The van der Waals surface area contributed by atoms with E-state index in [1.807, 2.05) is 78.0 Å². The summed E-state index contributed by atoms with van der Waals surface area (Å²) in [6.07, 6.45) is 1.37. The van der Waals surface area contributed by atoms with Gasteiger partial charge in [0.2, 0.25) is 0 Å². The van der Waals surface area contributed by atoms with Gasteiger partial charge in [-0.05, 0) is 31.7 Å². The highest BCUT2D eigenvalue weighted by Crippen LogP contribution is 2.21. The fraction of sp³-hybridized carbons (Fsp3) is 0.524. The van der Waals surface area contributed by atoms with E-state index in [-0.39, 0.29) is 12.0 Å². The summed E-state index contributed by atoms with van der Waals surface area (Å²) in [5.74, 6) is -0.443. The summed E-state index contributed by atoms with van der Waals surface area (Å²) in [5.41, 5.74) is 0.543. The summed E-state index contributed by atoms with van der Waals surface area (Å²) in [6, 6.07) is 9.61. The minimum absolute atomic E-state index is 0.119. The molecule has 0 saturated carbocycles. The van der Waals surface area contributed by atoms with Crippen molar-refractivity contribution in [1.82, 2.24) is 4.90 Å². The molecule has 0 aromatic heterocycles. The maximum Gasteiger partial charge on any atom is 0.410 e. The number of methoxy groups -OCH3 is 1. The number of amides is 1. The molecule has 0 heterocycles. The average molecular weight is 361 g/mol. The molecule has 1 aromatic rings. The van der Waals surface area contributed by atoms with Crippen LogP contribution in [-0.2, 0) is 20.8 Å². The van der Waals surface area contributed by atoms with Crippen LogP contribution in [0.4, 0.5) is 4.79 Å². The van der Waals surface area contributed by atoms with Crippen LogP contribution in [0.25, 0.3) is 0 Å². The van der Waals surface area contributed by atoms with E-state index in [0.717, 1.165) is 5.56 Å². The van der Waals surface area contributed by atoms with E-state index < -0.39 is 17.7 Å². The lowest BCUT2D eigenvalue weighted by molar-refractivity contribution is -0.136. The van der Waals surface area contributed by atoms with Crippen LogP contribution in [0, 0.1) is 5.41 Å². The van der Waals surface area contributed by atoms with Gasteiger partial charge in [-0.1, -0.05) is 57.2 Å². The van der Waals surface area contributed by atoms with Crippen LogP contribution in [0.5, 0.6) is 0 Å². The highest BCUT2D eigenvalue weighted by Gasteiger charge is 2.26. The summed E-state index contributed by atoms with van der Waals surface area (Å²) in [7, 11) is 1.34. The van der Waals surface area contributed by atoms with Crippen molar-refractivity contribution < 1.29 is 19.1 Å². The highest BCUT2D eigenvalue weighted by molar-refractivity contribution is 5.89. The van der Waals surface area contributed by atoms with Crippen LogP contribution >= 0.6 is 0 Å². The lowest BCUT2D eigenvalue weighted by Gasteiger charge is -2.28. The van der Waals surface area contributed by atoms with Crippen molar-refractivity contribution in [3.8, 4) is 0 Å². The Morgan fingerprint density at radius 2 is 1.62 bits per heavy atom. The molecule has 26 heavy (non-hydrogen) atoms. The number of allylic oxidation sites excluding steroid dienone is 1. The number of hydrogen-bond donors (Lipinski definition) is 0. The van der Waals surface area contributed by atoms with Crippen molar-refractivity contribution in [3.63, 3.8) is 0 Å². The lowest BCUT2D eigenvalue weighted by atomic mass is 9.93. The summed E-state index contributed by atoms with van der Waals surface area (Å²) in [5, 5.41) is 0. The van der Waals surface area contributed by atoms with Gasteiger partial charge < -0.3 is 9.47 Å². The van der Waals surface area contributed by atoms with E-state index in [0.29, 0.717) is 12.1 Å². The monoisotopic (exact) mass is 361 g/mol. The Hall–Kier alpha value is -2.30. The van der Waals surface area contributed by atoms with Crippen LogP contribution < -0.4 is 0 Å². The number of hydrogen-bond acceptors (Lipinski definition) is 4. The van der Waals surface area contributed by atoms with Crippen molar-refractivity contribution >= 4 is 12.1 Å². The number of nitrogens with zero attached hydrogens (tertiary/aromatic N) is 1. The summed E-state index contributed by atoms with van der Waals surface area (Å²) in [6.45, 7) is 11.9. The van der Waals surface area contributed by atoms with Crippen LogP contribution in [-0.4, -0.2) is 36.2 Å². The zero-order valence-corrected chi connectivity index (χ0v) is 17.0. The number of carbonyl (C=O) groups is 2. The molecule has 1 aromatic carbocycles. The Morgan fingerprint density at radius 1 is 1.04 bits per heavy atom. The minimum Gasteiger partial charge on any atom is -0.466 e. The molecule has 5 heteroatoms. The second kappa shape index (κ2) is 8.88. The Bertz CT molecular complexity index is 636. The van der Waals surface area contributed by atoms with E-state index in [9.17, 15) is 9.59 Å². The molecule has 0 saturated heterocycles. The average Bonchev–Trinajstić information content (AvgIpc) is 2.50. The Balaban J connectivity index is 3.14. The smallest absolute Gasteiger partial charge is 0.410 e. The first-order valence-corrected chi connectivity index (χ1v) is 8.73. The molecule has 0 N–H and O–H groups in total. The molecule has 0 atom stereocenters. The van der Waals surface area contributed by atoms with E-state index in [2.05, 4.69) is 0 Å². The van der Waals surface area contributed by atoms with Gasteiger partial charge in [0, 0.05) is 6.54 Å². The van der Waals surface area contributed by atoms with Gasteiger partial charge in [-0.2, -0.15) is 0 Å². The fourth-order valence-electron chi connectivity index (χ4n) is 2.34. The van der Waals surface area contributed by atoms with Gasteiger partial charge in [-0.15, -0.1) is 0 Å². The maximum atomic E-state index is 12.7. The topological polar surface area (TPSA) is 55.8 Å². The predicted molar refractivity (Wildman–Crippen MR) is 103 cm³/mol. The molecule has 0 aliphatic carbocycles. The van der Waals surface area contributed by atoms with Crippen molar-refractivity contribution in [3.05, 3.63) is 47.5 Å². The highest BCUT2D eigenvalue weighted by atomic mass is 16.6. The minimum atomic E-state index is -0.620. The second-order valence-corrected chi connectivity index (χ2v) is 8.35. The van der Waals surface area contributed by atoms with Crippen LogP contribution in [0.3, 0.4) is 0 Å². The molecule has 1 amide bonds. The second-order valence-electron chi connectivity index (χ2n) is 8.35. The Kier molecular flexibility index (Phi) is 7.42. The van der Waals surface area contributed by atoms with Crippen LogP contribution in [0.1, 0.15) is 47.1 Å². The molecule has 0 aliphatic heterocycles. The van der Waals surface area contributed by atoms with E-state index in [1.165, 1.54) is 12.0 Å². The lowest BCUT2D eigenvalue weighted by Crippen LogP contribution is -2.38. The first-order chi connectivity index (χ1) is 11.9. The number of carbonyl (C=O) groups excluding carboxylic acids is 2. The quantitative estimate of drug-likeness (QED) is 0.569. The molecule has 5 nitrogen and oxygen atoms in total. The number of ether oxygens (including phenoxy) is 2. The van der Waals surface area contributed by atoms with Gasteiger partial charge in [-0.25, -0.2) is 9.59 Å². The summed E-state index contributed by atoms with van der Waals surface area (Å²) in [4.78, 5) is 26.4. The molecule has 0 aliphatic rings. The normalized spacial score (nSPS) is 12.5. The van der Waals surface area contributed by atoms with Crippen molar-refractivity contribution in [1.29, 1.82) is 0 Å². The third-order valence-electron chi connectivity index (χ3n) is 3.28. The van der Waals surface area contributed by atoms with Gasteiger partial charge in [0.25, 0.3) is 0 Å². The SMILES string of the molecule is COC(=O)C(=CC(C)(C)C)CN(Cc1ccccc1)C(=O)OC(C)(C)C. The standard InChI is InChI=1S/C21H31NO4/c1-20(2,3)13-17(18(23)25-7)15-22(19(24)26-21(4,5)6)14-16-11-9-8-10-12-16/h8-13H,14-15H2,1-7H3. The zero-order chi connectivity index (χ0) is 20.0. The molecular formula is C21H31NO4. The first-order valence-electron chi connectivity index (χ1n) is 8.73. The number of rotatable bonds is 5. The summed E-state index contributed by atoms with van der Waals surface area (Å²) < 4.78 is 10.4. The van der Waals surface area contributed by atoms with Gasteiger partial charge >= 0.3 is 12.1 Å². The Morgan fingerprint density at radius 3 is 2.08 bits per heavy atom. The van der Waals surface area contributed by atoms with Gasteiger partial charge in [0.05, 0.1) is 19.2 Å². The number of esters is 1. The van der Waals surface area contributed by atoms with Crippen molar-refractivity contribution in [2.45, 2.75) is 53.7 Å². The molecule has 0 spiro atoms. The van der Waals surface area contributed by atoms with Gasteiger partial charge in [0.1, 0.15) is 5.60 Å². The van der Waals surface area contributed by atoms with Crippen molar-refractivity contribution in [2.24, 2.45) is 5.41 Å². The first kappa shape index (κ1) is 21.7. The van der Waals surface area contributed by atoms with Gasteiger partial charge in [-0.3, -0.25) is 4.90 Å². The molecule has 0 radical (unpaired) electrons. The van der Waals surface area contributed by atoms with E-state index >= 15 is 0 Å². The van der Waals surface area contributed by atoms with E-state index in [1.54, 1.807) is 0 Å². The predicted octanol–water partition coefficient (Wildman–Crippen LogP) is 4.57. The van der Waals surface area contributed by atoms with Gasteiger partial charge in [0.15, 0.2) is 0 Å². The molecule has 0 bridgehead atoms.